The highest BCUT2D eigenvalue weighted by Crippen LogP contribution is 2.32. The van der Waals surface area contributed by atoms with Crippen LogP contribution in [0.2, 0.25) is 5.02 Å². The van der Waals surface area contributed by atoms with Crippen LogP contribution in [0.1, 0.15) is 58.6 Å². The Morgan fingerprint density at radius 3 is 2.27 bits per heavy atom. The Morgan fingerprint density at radius 1 is 1.12 bits per heavy atom. The van der Waals surface area contributed by atoms with E-state index in [-0.39, 0.29) is 0 Å². The molecular formula is C21H39ClN2O2+2. The van der Waals surface area contributed by atoms with Gasteiger partial charge in [0.05, 0.1) is 12.1 Å². The zero-order chi connectivity index (χ0) is 19.9. The Hall–Kier alpha value is -0.810. The molecule has 0 aliphatic rings. The first-order chi connectivity index (χ1) is 12.1. The Bertz CT molecular complexity index is 539. The van der Waals surface area contributed by atoms with Crippen molar-refractivity contribution in [3.63, 3.8) is 0 Å². The highest BCUT2D eigenvalue weighted by atomic mass is 35.5. The summed E-state index contributed by atoms with van der Waals surface area (Å²) < 4.78 is 5.92. The monoisotopic (exact) mass is 386 g/mol. The number of nitrogens with one attached hydrogen (secondary N) is 1. The number of ether oxygens (including phenoxy) is 1. The smallest absolute Gasteiger partial charge is 0.137 e. The van der Waals surface area contributed by atoms with Crippen LogP contribution in [0, 0.1) is 6.92 Å². The number of rotatable bonds is 11. The highest BCUT2D eigenvalue weighted by Gasteiger charge is 2.18. The summed E-state index contributed by atoms with van der Waals surface area (Å²) in [5.41, 5.74) is 2.09. The average Bonchev–Trinajstić information content (AvgIpc) is 2.54. The molecule has 0 unspecified atom stereocenters. The van der Waals surface area contributed by atoms with Gasteiger partial charge in [0.1, 0.15) is 38.1 Å². The molecule has 26 heavy (non-hydrogen) atoms. The summed E-state index contributed by atoms with van der Waals surface area (Å²) in [6.07, 6.45) is -0.479. The second-order valence-electron chi connectivity index (χ2n) is 8.21. The molecule has 0 saturated heterocycles. The predicted octanol–water partition coefficient (Wildman–Crippen LogP) is 1.78. The van der Waals surface area contributed by atoms with Gasteiger partial charge in [-0.25, -0.2) is 0 Å². The third-order valence-corrected chi connectivity index (χ3v) is 5.31. The topological polar surface area (TPSA) is 50.5 Å². The Morgan fingerprint density at radius 2 is 1.73 bits per heavy atom. The van der Waals surface area contributed by atoms with Crippen molar-refractivity contribution in [1.82, 2.24) is 0 Å². The molecule has 5 heteroatoms. The molecule has 0 aromatic heterocycles. The molecule has 150 valence electrons. The number of halogens is 1. The normalized spacial score (nSPS) is 13.3. The van der Waals surface area contributed by atoms with E-state index in [1.165, 1.54) is 0 Å². The van der Waals surface area contributed by atoms with E-state index in [0.717, 1.165) is 35.0 Å². The molecule has 4 N–H and O–H groups in total. The SMILES string of the molecule is Cc1cc(OC[C@@H](O)C[NH2+]CC[NH+](C(C)C)C(C)C)c(C(C)C)cc1Cl. The fourth-order valence-corrected chi connectivity index (χ4v) is 3.50. The zero-order valence-electron chi connectivity index (χ0n) is 17.6. The molecule has 1 rings (SSSR count). The number of hydrogen-bond donors (Lipinski definition) is 3. The van der Waals surface area contributed by atoms with E-state index in [0.29, 0.717) is 31.2 Å². The molecule has 1 atom stereocenters. The number of nitrogens with two attached hydrogens (primary N) is 1. The van der Waals surface area contributed by atoms with Crippen molar-refractivity contribution in [3.8, 4) is 5.75 Å². The second kappa shape index (κ2) is 11.1. The van der Waals surface area contributed by atoms with Crippen LogP contribution in [0.15, 0.2) is 12.1 Å². The lowest BCUT2D eigenvalue weighted by atomic mass is 10.0. The fourth-order valence-electron chi connectivity index (χ4n) is 3.32. The van der Waals surface area contributed by atoms with E-state index >= 15 is 0 Å². The lowest BCUT2D eigenvalue weighted by Gasteiger charge is -2.26. The van der Waals surface area contributed by atoms with Crippen molar-refractivity contribution < 1.29 is 20.1 Å². The van der Waals surface area contributed by atoms with E-state index in [4.69, 9.17) is 16.3 Å². The van der Waals surface area contributed by atoms with Crippen molar-refractivity contribution in [2.75, 3.05) is 26.2 Å². The molecule has 0 aliphatic heterocycles. The average molecular weight is 387 g/mol. The quantitative estimate of drug-likeness (QED) is 0.508. The van der Waals surface area contributed by atoms with Gasteiger partial charge in [0.15, 0.2) is 0 Å². The fraction of sp³-hybridized carbons (Fsp3) is 0.714. The summed E-state index contributed by atoms with van der Waals surface area (Å²) in [6, 6.07) is 5.20. The minimum Gasteiger partial charge on any atom is -0.490 e. The number of aliphatic hydroxyl groups excluding tert-OH is 1. The number of aliphatic hydroxyl groups is 1. The molecule has 0 radical (unpaired) electrons. The lowest BCUT2D eigenvalue weighted by molar-refractivity contribution is -0.952. The standard InChI is InChI=1S/C21H37ClN2O2/c1-14(2)19-11-20(22)17(7)10-21(19)26-13-18(25)12-23-8-9-24(15(3)4)16(5)6/h10-11,14-16,18,23,25H,8-9,12-13H2,1-7H3/p+2/t18-/m0/s1. The molecule has 1 aromatic rings. The van der Waals surface area contributed by atoms with Gasteiger partial charge in [0, 0.05) is 5.02 Å². The Balaban J connectivity index is 2.45. The molecule has 0 bridgehead atoms. The van der Waals surface area contributed by atoms with Crippen LogP contribution in [-0.4, -0.2) is 49.5 Å². The summed E-state index contributed by atoms with van der Waals surface area (Å²) in [5, 5.41) is 13.2. The predicted molar refractivity (Wildman–Crippen MR) is 110 cm³/mol. The van der Waals surface area contributed by atoms with Crippen molar-refractivity contribution in [2.45, 2.75) is 72.6 Å². The molecular weight excluding hydrogens is 348 g/mol. The van der Waals surface area contributed by atoms with Crippen LogP contribution in [0.5, 0.6) is 5.75 Å². The Kier molecular flexibility index (Phi) is 9.94. The molecule has 4 nitrogen and oxygen atoms in total. The van der Waals surface area contributed by atoms with Crippen molar-refractivity contribution in [3.05, 3.63) is 28.3 Å². The molecule has 0 fully saturated rings. The maximum absolute atomic E-state index is 10.3. The van der Waals surface area contributed by atoms with Gasteiger partial charge in [-0.1, -0.05) is 25.4 Å². The van der Waals surface area contributed by atoms with E-state index in [9.17, 15) is 5.11 Å². The number of benzene rings is 1. The van der Waals surface area contributed by atoms with Crippen LogP contribution in [0.25, 0.3) is 0 Å². The third-order valence-electron chi connectivity index (χ3n) is 4.90. The van der Waals surface area contributed by atoms with E-state index < -0.39 is 6.10 Å². The minimum atomic E-state index is -0.479. The highest BCUT2D eigenvalue weighted by molar-refractivity contribution is 6.31. The summed E-state index contributed by atoms with van der Waals surface area (Å²) in [5.74, 6) is 1.16. The van der Waals surface area contributed by atoms with Gasteiger partial charge >= 0.3 is 0 Å². The lowest BCUT2D eigenvalue weighted by Crippen LogP contribution is -3.19. The van der Waals surface area contributed by atoms with Gasteiger partial charge in [-0.3, -0.25) is 0 Å². The maximum Gasteiger partial charge on any atom is 0.137 e. The molecule has 0 amide bonds. The molecule has 0 aliphatic carbocycles. The van der Waals surface area contributed by atoms with Gasteiger partial charge in [-0.05, 0) is 63.8 Å². The van der Waals surface area contributed by atoms with Gasteiger partial charge in [-0.15, -0.1) is 0 Å². The number of quaternary nitrogens is 2. The van der Waals surface area contributed by atoms with Crippen molar-refractivity contribution >= 4 is 11.6 Å². The first kappa shape index (κ1) is 23.2. The number of aryl methyl sites for hydroxylation is 1. The van der Waals surface area contributed by atoms with Crippen LogP contribution < -0.4 is 15.0 Å². The minimum absolute atomic E-state index is 0.308. The maximum atomic E-state index is 10.3. The summed E-state index contributed by atoms with van der Waals surface area (Å²) >= 11 is 6.23. The number of hydrogen-bond acceptors (Lipinski definition) is 2. The van der Waals surface area contributed by atoms with Gasteiger partial charge in [0.2, 0.25) is 0 Å². The zero-order valence-corrected chi connectivity index (χ0v) is 18.4. The second-order valence-corrected chi connectivity index (χ2v) is 8.61. The Labute approximate surface area is 164 Å². The van der Waals surface area contributed by atoms with Gasteiger partial charge in [-0.2, -0.15) is 0 Å². The van der Waals surface area contributed by atoms with Crippen LogP contribution in [0.3, 0.4) is 0 Å². The molecule has 1 aromatic carbocycles. The van der Waals surface area contributed by atoms with Gasteiger partial charge < -0.3 is 20.1 Å². The third kappa shape index (κ3) is 7.43. The largest absolute Gasteiger partial charge is 0.490 e. The summed E-state index contributed by atoms with van der Waals surface area (Å²) in [6.45, 7) is 18.4. The van der Waals surface area contributed by atoms with Crippen LogP contribution >= 0.6 is 11.6 Å². The molecule has 0 heterocycles. The molecule has 0 saturated carbocycles. The van der Waals surface area contributed by atoms with Crippen molar-refractivity contribution in [2.24, 2.45) is 0 Å². The first-order valence-corrected chi connectivity index (χ1v) is 10.3. The van der Waals surface area contributed by atoms with E-state index in [1.807, 2.05) is 19.1 Å². The summed E-state index contributed by atoms with van der Waals surface area (Å²) in [4.78, 5) is 1.60. The van der Waals surface area contributed by atoms with E-state index in [2.05, 4.69) is 46.9 Å². The molecule has 0 spiro atoms. The van der Waals surface area contributed by atoms with Crippen molar-refractivity contribution in [1.29, 1.82) is 0 Å². The van der Waals surface area contributed by atoms with Crippen LogP contribution in [-0.2, 0) is 0 Å². The van der Waals surface area contributed by atoms with E-state index in [1.54, 1.807) is 4.90 Å². The van der Waals surface area contributed by atoms with Gasteiger partial charge in [0.25, 0.3) is 0 Å². The first-order valence-electron chi connectivity index (χ1n) is 9.91. The van der Waals surface area contributed by atoms with Crippen LogP contribution in [0.4, 0.5) is 0 Å². The summed E-state index contributed by atoms with van der Waals surface area (Å²) in [7, 11) is 0.